The molecule has 0 radical (unpaired) electrons. The number of allylic oxidation sites excluding steroid dienone is 1. The van der Waals surface area contributed by atoms with Crippen LogP contribution in [0.3, 0.4) is 0 Å². The van der Waals surface area contributed by atoms with Gasteiger partial charge in [-0.15, -0.1) is 0 Å². The summed E-state index contributed by atoms with van der Waals surface area (Å²) < 4.78 is 1.68. The van der Waals surface area contributed by atoms with Crippen LogP contribution in [0.1, 0.15) is 16.1 Å². The highest BCUT2D eigenvalue weighted by atomic mass is 16.6. The highest BCUT2D eigenvalue weighted by Crippen LogP contribution is 2.21. The Labute approximate surface area is 153 Å². The van der Waals surface area contributed by atoms with Gasteiger partial charge < -0.3 is 4.57 Å². The number of nitrogens with zero attached hydrogens (tertiary/aromatic N) is 3. The zero-order chi connectivity index (χ0) is 19.4. The van der Waals surface area contributed by atoms with Crippen LogP contribution >= 0.6 is 0 Å². The van der Waals surface area contributed by atoms with Crippen molar-refractivity contribution in [2.45, 2.75) is 0 Å². The van der Waals surface area contributed by atoms with Crippen LogP contribution in [-0.2, 0) is 0 Å². The summed E-state index contributed by atoms with van der Waals surface area (Å²) in [5, 5.41) is 22.0. The highest BCUT2D eigenvalue weighted by molar-refractivity contribution is 6.09. The number of carbonyl (C=O) groups excluding carboxylic acids is 1. The molecular formula is C19H13N3O5. The van der Waals surface area contributed by atoms with Gasteiger partial charge in [-0.1, -0.05) is 18.2 Å². The number of benzene rings is 2. The first-order chi connectivity index (χ1) is 13.0. The maximum atomic E-state index is 12.4. The average Bonchev–Trinajstić information content (AvgIpc) is 3.14. The number of hydrogen-bond acceptors (Lipinski definition) is 5. The summed E-state index contributed by atoms with van der Waals surface area (Å²) in [5.74, 6) is -0.505. The fourth-order valence-electron chi connectivity index (χ4n) is 2.61. The van der Waals surface area contributed by atoms with E-state index in [0.717, 1.165) is 0 Å². The molecule has 0 unspecified atom stereocenters. The molecule has 27 heavy (non-hydrogen) atoms. The number of hydrogen-bond donors (Lipinski definition) is 0. The predicted molar refractivity (Wildman–Crippen MR) is 98.9 cm³/mol. The molecule has 0 amide bonds. The molecule has 0 bridgehead atoms. The van der Waals surface area contributed by atoms with Gasteiger partial charge in [0.15, 0.2) is 5.78 Å². The van der Waals surface area contributed by atoms with E-state index in [2.05, 4.69) is 0 Å². The number of ketones is 1. The fraction of sp³-hybridized carbons (Fsp3) is 0. The Morgan fingerprint density at radius 1 is 0.926 bits per heavy atom. The summed E-state index contributed by atoms with van der Waals surface area (Å²) in [6.45, 7) is 0. The van der Waals surface area contributed by atoms with Crippen LogP contribution in [0.2, 0.25) is 0 Å². The lowest BCUT2D eigenvalue weighted by atomic mass is 10.1. The molecule has 0 saturated heterocycles. The first-order valence-corrected chi connectivity index (χ1v) is 7.85. The molecule has 0 N–H and O–H groups in total. The first-order valence-electron chi connectivity index (χ1n) is 7.85. The molecule has 0 saturated carbocycles. The minimum Gasteiger partial charge on any atom is -0.317 e. The van der Waals surface area contributed by atoms with Crippen LogP contribution in [0.25, 0.3) is 11.8 Å². The summed E-state index contributed by atoms with van der Waals surface area (Å²) in [6.07, 6.45) is 4.46. The maximum absolute atomic E-state index is 12.4. The Balaban J connectivity index is 1.91. The Morgan fingerprint density at radius 3 is 2.44 bits per heavy atom. The van der Waals surface area contributed by atoms with Gasteiger partial charge in [-0.25, -0.2) is 0 Å². The van der Waals surface area contributed by atoms with Crippen molar-refractivity contribution >= 4 is 23.2 Å². The van der Waals surface area contributed by atoms with E-state index in [-0.39, 0.29) is 16.9 Å². The average molecular weight is 363 g/mol. The molecule has 0 aliphatic rings. The third-order valence-corrected chi connectivity index (χ3v) is 3.87. The van der Waals surface area contributed by atoms with E-state index in [4.69, 9.17) is 0 Å². The van der Waals surface area contributed by atoms with Crippen LogP contribution in [0.15, 0.2) is 72.9 Å². The van der Waals surface area contributed by atoms with Crippen LogP contribution in [0.5, 0.6) is 0 Å². The molecule has 134 valence electrons. The van der Waals surface area contributed by atoms with E-state index < -0.39 is 15.6 Å². The first kappa shape index (κ1) is 17.7. The van der Waals surface area contributed by atoms with Gasteiger partial charge in [0.25, 0.3) is 11.4 Å². The van der Waals surface area contributed by atoms with E-state index in [1.165, 1.54) is 42.5 Å². The van der Waals surface area contributed by atoms with Gasteiger partial charge >= 0.3 is 0 Å². The van der Waals surface area contributed by atoms with Crippen molar-refractivity contribution in [2.75, 3.05) is 0 Å². The van der Waals surface area contributed by atoms with Gasteiger partial charge in [-0.05, 0) is 36.4 Å². The van der Waals surface area contributed by atoms with Gasteiger partial charge in [0.2, 0.25) is 0 Å². The van der Waals surface area contributed by atoms with E-state index >= 15 is 0 Å². The van der Waals surface area contributed by atoms with E-state index in [1.54, 1.807) is 41.1 Å². The van der Waals surface area contributed by atoms with Crippen molar-refractivity contribution < 1.29 is 14.6 Å². The summed E-state index contributed by atoms with van der Waals surface area (Å²) in [4.78, 5) is 33.3. The molecule has 8 heteroatoms. The zero-order valence-electron chi connectivity index (χ0n) is 13.9. The van der Waals surface area contributed by atoms with Gasteiger partial charge in [-0.3, -0.25) is 25.0 Å². The van der Waals surface area contributed by atoms with Gasteiger partial charge in [0, 0.05) is 30.1 Å². The predicted octanol–water partition coefficient (Wildman–Crippen LogP) is 4.19. The van der Waals surface area contributed by atoms with E-state index in [0.29, 0.717) is 11.4 Å². The number of nitro benzene ring substituents is 2. The molecule has 1 heterocycles. The summed E-state index contributed by atoms with van der Waals surface area (Å²) in [5.41, 5.74) is 0.843. The molecule has 0 spiro atoms. The van der Waals surface area contributed by atoms with Crippen molar-refractivity contribution in [1.82, 2.24) is 4.57 Å². The van der Waals surface area contributed by atoms with Gasteiger partial charge in [0.1, 0.15) is 0 Å². The molecule has 0 atom stereocenters. The van der Waals surface area contributed by atoms with E-state index in [1.807, 2.05) is 0 Å². The topological polar surface area (TPSA) is 108 Å². The van der Waals surface area contributed by atoms with Crippen LogP contribution in [-0.4, -0.2) is 20.2 Å². The largest absolute Gasteiger partial charge is 0.317 e. The minimum absolute atomic E-state index is 0.00722. The van der Waals surface area contributed by atoms with Crippen LogP contribution in [0.4, 0.5) is 11.4 Å². The summed E-state index contributed by atoms with van der Waals surface area (Å²) in [7, 11) is 0. The number of non-ortho nitro benzene ring substituents is 1. The van der Waals surface area contributed by atoms with Gasteiger partial charge in [-0.2, -0.15) is 0 Å². The second-order valence-corrected chi connectivity index (χ2v) is 5.55. The lowest BCUT2D eigenvalue weighted by Crippen LogP contribution is -2.01. The quantitative estimate of drug-likeness (QED) is 0.282. The van der Waals surface area contributed by atoms with Crippen molar-refractivity contribution in [3.05, 3.63) is 104 Å². The molecule has 0 aliphatic carbocycles. The van der Waals surface area contributed by atoms with Crippen LogP contribution < -0.4 is 0 Å². The number of aromatic nitrogens is 1. The molecule has 1 aromatic heterocycles. The number of nitro groups is 2. The molecule has 3 aromatic rings. The van der Waals surface area contributed by atoms with Crippen molar-refractivity contribution in [3.8, 4) is 5.69 Å². The monoisotopic (exact) mass is 363 g/mol. The third kappa shape index (κ3) is 3.79. The highest BCUT2D eigenvalue weighted by Gasteiger charge is 2.17. The number of carbonyl (C=O) groups is 1. The Hall–Kier alpha value is -4.07. The molecule has 2 aromatic carbocycles. The lowest BCUT2D eigenvalue weighted by Gasteiger charge is -2.06. The molecule has 0 fully saturated rings. The van der Waals surface area contributed by atoms with E-state index in [9.17, 15) is 25.0 Å². The molecular weight excluding hydrogens is 350 g/mol. The van der Waals surface area contributed by atoms with Crippen molar-refractivity contribution in [3.63, 3.8) is 0 Å². The van der Waals surface area contributed by atoms with Crippen molar-refractivity contribution in [1.29, 1.82) is 0 Å². The molecule has 0 aliphatic heterocycles. The number of para-hydroxylation sites is 1. The maximum Gasteiger partial charge on any atom is 0.280 e. The molecule has 3 rings (SSSR count). The summed E-state index contributed by atoms with van der Waals surface area (Å²) in [6, 6.07) is 15.2. The van der Waals surface area contributed by atoms with Gasteiger partial charge in [0.05, 0.1) is 21.1 Å². The SMILES string of the molecule is O=C(/C=C/c1cccn1-c1cccc([N+](=O)[O-])c1)c1ccccc1[N+](=O)[O-]. The zero-order valence-corrected chi connectivity index (χ0v) is 13.9. The second kappa shape index (κ2) is 7.44. The van der Waals surface area contributed by atoms with Crippen molar-refractivity contribution in [2.24, 2.45) is 0 Å². The summed E-state index contributed by atoms with van der Waals surface area (Å²) >= 11 is 0. The third-order valence-electron chi connectivity index (χ3n) is 3.87. The lowest BCUT2D eigenvalue weighted by molar-refractivity contribution is -0.385. The fourth-order valence-corrected chi connectivity index (χ4v) is 2.61. The molecule has 8 nitrogen and oxygen atoms in total. The standard InChI is InChI=1S/C19H13N3O5/c23-19(17-8-1-2-9-18(17)22(26)27)11-10-14-7-4-12-20(14)15-5-3-6-16(13-15)21(24)25/h1-13H/b11-10+. The number of rotatable bonds is 6. The smallest absolute Gasteiger partial charge is 0.280 e. The normalized spacial score (nSPS) is 10.8. The second-order valence-electron chi connectivity index (χ2n) is 5.55. The minimum atomic E-state index is -0.604. The Kier molecular flexibility index (Phi) is 4.89. The Morgan fingerprint density at radius 2 is 1.70 bits per heavy atom. The Bertz CT molecular complexity index is 1070. The van der Waals surface area contributed by atoms with Crippen LogP contribution in [0, 0.1) is 20.2 Å².